The van der Waals surface area contributed by atoms with Gasteiger partial charge in [-0.25, -0.2) is 0 Å². The lowest BCUT2D eigenvalue weighted by Crippen LogP contribution is -2.29. The molecule has 0 aliphatic heterocycles. The molecule has 0 bridgehead atoms. The summed E-state index contributed by atoms with van der Waals surface area (Å²) in [6.07, 6.45) is 4.23. The molecule has 9 rings (SSSR count). The van der Waals surface area contributed by atoms with Gasteiger partial charge in [0, 0.05) is 35.2 Å². The highest BCUT2D eigenvalue weighted by atomic mass is 32.2. The SMILES string of the molecule is CCC1CCC(Nc2nc(Nc3cc(Nc4ccc5c6c4C(=O)c4ccccc4-c6c(C(=O)c4cccc(S(=O)(=O)O)c4)c(=O)n5C)c(S(=O)(=O)O)cc3S(=O)(=O)O)nc(Oc3ccc(S(=O)(=O)O)cc3)n2)CC1. The van der Waals surface area contributed by atoms with Gasteiger partial charge in [-0.15, -0.1) is 0 Å². The summed E-state index contributed by atoms with van der Waals surface area (Å²) in [7, 11) is -18.9. The van der Waals surface area contributed by atoms with Gasteiger partial charge in [-0.1, -0.05) is 49.7 Å². The van der Waals surface area contributed by atoms with E-state index in [1.165, 1.54) is 61.6 Å². The molecule has 0 amide bonds. The third-order valence-electron chi connectivity index (χ3n) is 12.7. The number of carbonyl (C=O) groups excluding carboxylic acids is 2. The van der Waals surface area contributed by atoms with Crippen molar-refractivity contribution in [2.24, 2.45) is 13.0 Å². The van der Waals surface area contributed by atoms with E-state index in [-0.39, 0.29) is 62.1 Å². The van der Waals surface area contributed by atoms with Crippen LogP contribution < -0.4 is 26.2 Å². The number of rotatable bonds is 15. The largest absolute Gasteiger partial charge is 0.424 e. The average Bonchev–Trinajstić information content (AvgIpc) is 3.33. The van der Waals surface area contributed by atoms with E-state index in [1.54, 1.807) is 6.07 Å². The number of anilines is 5. The Hall–Kier alpha value is -7.50. The van der Waals surface area contributed by atoms with Crippen molar-refractivity contribution in [3.8, 4) is 22.9 Å². The molecule has 384 valence electrons. The predicted octanol–water partition coefficient (Wildman–Crippen LogP) is 6.81. The third-order valence-corrected chi connectivity index (χ3v) is 16.2. The maximum atomic E-state index is 14.7. The van der Waals surface area contributed by atoms with Crippen molar-refractivity contribution >= 4 is 91.9 Å². The normalized spacial score (nSPS) is 15.8. The monoisotopic (exact) mass is 1090 g/mol. The summed E-state index contributed by atoms with van der Waals surface area (Å²) in [4.78, 5) is 53.1. The summed E-state index contributed by atoms with van der Waals surface area (Å²) in [5.74, 6) is -1.75. The fraction of sp³-hybridized carbons (Fsp3) is 0.191. The van der Waals surface area contributed by atoms with Crippen LogP contribution >= 0.6 is 0 Å². The molecule has 1 fully saturated rings. The lowest BCUT2D eigenvalue weighted by atomic mass is 9.80. The Morgan fingerprint density at radius 3 is 1.89 bits per heavy atom. The summed E-state index contributed by atoms with van der Waals surface area (Å²) in [5, 5.41) is 8.65. The first kappa shape index (κ1) is 51.4. The molecule has 2 aromatic heterocycles. The summed E-state index contributed by atoms with van der Waals surface area (Å²) in [6, 6.07) is 18.1. The van der Waals surface area contributed by atoms with E-state index in [0.29, 0.717) is 12.0 Å². The zero-order chi connectivity index (χ0) is 53.2. The highest BCUT2D eigenvalue weighted by Crippen LogP contribution is 2.45. The molecule has 5 aromatic carbocycles. The first-order valence-electron chi connectivity index (χ1n) is 22.2. The molecule has 0 unspecified atom stereocenters. The zero-order valence-electron chi connectivity index (χ0n) is 38.5. The van der Waals surface area contributed by atoms with E-state index < -0.39 is 106 Å². The van der Waals surface area contributed by atoms with Crippen molar-refractivity contribution in [3.05, 3.63) is 130 Å². The minimum atomic E-state index is -5.43. The van der Waals surface area contributed by atoms with Gasteiger partial charge in [-0.2, -0.15) is 48.6 Å². The van der Waals surface area contributed by atoms with Crippen molar-refractivity contribution in [2.45, 2.75) is 64.7 Å². The van der Waals surface area contributed by atoms with Crippen LogP contribution in [0.15, 0.2) is 121 Å². The molecule has 74 heavy (non-hydrogen) atoms. The summed E-state index contributed by atoms with van der Waals surface area (Å²) >= 11 is 0. The lowest BCUT2D eigenvalue weighted by molar-refractivity contribution is 0.102. The van der Waals surface area contributed by atoms with E-state index >= 15 is 0 Å². The Bertz CT molecular complexity index is 4050. The number of aryl methyl sites for hydroxylation is 1. The molecule has 0 radical (unpaired) electrons. The Kier molecular flexibility index (Phi) is 13.3. The minimum Gasteiger partial charge on any atom is -0.424 e. The summed E-state index contributed by atoms with van der Waals surface area (Å²) < 4.78 is 147. The van der Waals surface area contributed by atoms with E-state index in [0.717, 1.165) is 67.0 Å². The van der Waals surface area contributed by atoms with Crippen LogP contribution in [0.5, 0.6) is 11.8 Å². The highest BCUT2D eigenvalue weighted by molar-refractivity contribution is 7.87. The molecule has 0 spiro atoms. The smallest absolute Gasteiger partial charge is 0.328 e. The topological polar surface area (TPSA) is 358 Å². The van der Waals surface area contributed by atoms with Gasteiger partial charge in [-0.3, -0.25) is 32.6 Å². The van der Waals surface area contributed by atoms with Gasteiger partial charge in [0.15, 0.2) is 11.6 Å². The molecule has 23 nitrogen and oxygen atoms in total. The van der Waals surface area contributed by atoms with Crippen molar-refractivity contribution in [1.29, 1.82) is 0 Å². The number of fused-ring (bicyclic) bond motifs is 2. The van der Waals surface area contributed by atoms with Crippen LogP contribution in [-0.4, -0.2) is 89.0 Å². The van der Waals surface area contributed by atoms with Crippen LogP contribution in [0, 0.1) is 5.92 Å². The van der Waals surface area contributed by atoms with Crippen molar-refractivity contribution in [2.75, 3.05) is 16.0 Å². The number of aromatic nitrogens is 4. The maximum Gasteiger partial charge on any atom is 0.328 e. The third kappa shape index (κ3) is 10.1. The number of pyridine rings is 1. The Morgan fingerprint density at radius 1 is 0.649 bits per heavy atom. The van der Waals surface area contributed by atoms with Gasteiger partial charge < -0.3 is 25.3 Å². The van der Waals surface area contributed by atoms with Crippen LogP contribution in [0.2, 0.25) is 0 Å². The second kappa shape index (κ2) is 19.1. The summed E-state index contributed by atoms with van der Waals surface area (Å²) in [5.41, 5.74) is -3.23. The van der Waals surface area contributed by atoms with Gasteiger partial charge in [-0.05, 0) is 97.8 Å². The van der Waals surface area contributed by atoms with Gasteiger partial charge in [0.05, 0.1) is 43.5 Å². The second-order valence-electron chi connectivity index (χ2n) is 17.3. The lowest BCUT2D eigenvalue weighted by Gasteiger charge is -2.28. The van der Waals surface area contributed by atoms with Crippen LogP contribution in [0.1, 0.15) is 70.9 Å². The number of nitrogens with zero attached hydrogens (tertiary/aromatic N) is 4. The standard InChI is InChI=1S/C47H41N7O16S4/c1-3-24-11-13-26(14-12-24)48-45-51-46(53-47(52-45)70-27-15-17-28(18-16-27)71(58,59)60)50-34-22-33(36(73(64,65)66)23-37(34)74(67,68)69)49-32-19-20-35-40-38(30-9-4-5-10-31(30)43(56)39(32)40)41(44(57)54(35)2)42(55)25-7-6-8-29(21-25)72(61,62)63/h4-10,15-24,26,49H,3,11-14H2,1-2H3,(H,58,59,60)(H,61,62,63)(H,64,65,66)(H,67,68,69)(H2,48,50,51,52,53). The number of carbonyl (C=O) groups is 2. The fourth-order valence-corrected chi connectivity index (χ4v) is 11.5. The van der Waals surface area contributed by atoms with Gasteiger partial charge >= 0.3 is 6.01 Å². The molecular weight excluding hydrogens is 1050 g/mol. The number of hydrogen-bond acceptors (Lipinski definition) is 18. The predicted molar refractivity (Wildman–Crippen MR) is 266 cm³/mol. The summed E-state index contributed by atoms with van der Waals surface area (Å²) in [6.45, 7) is 2.09. The van der Waals surface area contributed by atoms with Crippen LogP contribution in [0.25, 0.3) is 22.0 Å². The van der Waals surface area contributed by atoms with Crippen molar-refractivity contribution in [3.63, 3.8) is 0 Å². The second-order valence-corrected chi connectivity index (χ2v) is 23.0. The number of hydrogen-bond donors (Lipinski definition) is 7. The quantitative estimate of drug-likeness (QED) is 0.0409. The molecule has 27 heteroatoms. The molecule has 0 atom stereocenters. The van der Waals surface area contributed by atoms with E-state index in [4.69, 9.17) is 4.74 Å². The zero-order valence-corrected chi connectivity index (χ0v) is 41.8. The molecule has 2 heterocycles. The van der Waals surface area contributed by atoms with Crippen LogP contribution in [0.4, 0.5) is 29.0 Å². The Morgan fingerprint density at radius 2 is 1.27 bits per heavy atom. The van der Waals surface area contributed by atoms with Crippen LogP contribution in [-0.2, 0) is 47.5 Å². The highest BCUT2D eigenvalue weighted by Gasteiger charge is 2.35. The fourth-order valence-electron chi connectivity index (χ4n) is 9.08. The van der Waals surface area contributed by atoms with Gasteiger partial charge in [0.2, 0.25) is 11.9 Å². The van der Waals surface area contributed by atoms with E-state index in [9.17, 15) is 66.3 Å². The van der Waals surface area contributed by atoms with E-state index in [2.05, 4.69) is 37.8 Å². The Labute approximate surface area is 421 Å². The van der Waals surface area contributed by atoms with Gasteiger partial charge in [0.25, 0.3) is 46.0 Å². The number of nitrogens with one attached hydrogen (secondary N) is 3. The average molecular weight is 1090 g/mol. The number of benzene rings is 5. The van der Waals surface area contributed by atoms with E-state index in [1.807, 2.05) is 0 Å². The molecule has 2 aliphatic rings. The molecule has 0 saturated heterocycles. The minimum absolute atomic E-state index is 0.00931. The van der Waals surface area contributed by atoms with Crippen molar-refractivity contribution in [1.82, 2.24) is 19.5 Å². The van der Waals surface area contributed by atoms with Crippen LogP contribution in [0.3, 0.4) is 0 Å². The molecule has 7 aromatic rings. The molecule has 7 N–H and O–H groups in total. The molecule has 1 saturated carbocycles. The first-order chi connectivity index (χ1) is 34.8. The Balaban J connectivity index is 1.20. The number of ketones is 2. The number of ether oxygens (including phenoxy) is 1. The van der Waals surface area contributed by atoms with Gasteiger partial charge in [0.1, 0.15) is 15.5 Å². The first-order valence-corrected chi connectivity index (χ1v) is 28.0. The molecular formula is C47H41N7O16S4. The van der Waals surface area contributed by atoms with Crippen molar-refractivity contribution < 1.29 is 66.2 Å². The maximum absolute atomic E-state index is 14.7. The molecule has 2 aliphatic carbocycles.